The second kappa shape index (κ2) is 33.5. The van der Waals surface area contributed by atoms with E-state index in [1.54, 1.807) is 0 Å². The quantitative estimate of drug-likeness (QED) is 0.0283. The third kappa shape index (κ3) is 24.8. The summed E-state index contributed by atoms with van der Waals surface area (Å²) in [7, 11) is 0. The van der Waals surface area contributed by atoms with Gasteiger partial charge in [0.05, 0.1) is 25.4 Å². The van der Waals surface area contributed by atoms with Crippen LogP contribution in [0.1, 0.15) is 194 Å². The molecule has 0 bridgehead atoms. The summed E-state index contributed by atoms with van der Waals surface area (Å²) in [5.74, 6) is -0.153. The Morgan fingerprint density at radius 2 is 1.10 bits per heavy atom. The van der Waals surface area contributed by atoms with Crippen LogP contribution < -0.4 is 5.32 Å². The molecule has 9 heteroatoms. The predicted molar refractivity (Wildman–Crippen MR) is 207 cm³/mol. The Bertz CT molecular complexity index is 812. The molecule has 7 atom stereocenters. The van der Waals surface area contributed by atoms with Gasteiger partial charge >= 0.3 is 0 Å². The van der Waals surface area contributed by atoms with Crippen LogP contribution in [-0.2, 0) is 14.3 Å². The highest BCUT2D eigenvalue weighted by molar-refractivity contribution is 5.76. The zero-order valence-corrected chi connectivity index (χ0v) is 32.9. The molecule has 0 spiro atoms. The molecule has 1 amide bonds. The standard InChI is InChI=1S/C42H81NO8/c1-3-5-7-9-11-13-15-17-18-20-22-24-26-28-30-32-38(46)43-35(34-50-42-41(49)40(48)39(47)37(33-44)51-42)36(45)31-29-27-25-23-21-19-16-14-12-10-8-6-4-2/h17-18,35-37,39-42,44-45,47-49H,3-16,19-34H2,1-2H3,(H,43,46)/t35-,36+,37+,39-,40-,41+,42-/m0/s1. The Labute approximate surface area is 312 Å². The Balaban J connectivity index is 2.38. The van der Waals surface area contributed by atoms with E-state index in [0.717, 1.165) is 51.4 Å². The molecule has 0 aromatic carbocycles. The van der Waals surface area contributed by atoms with Gasteiger partial charge in [0.25, 0.3) is 0 Å². The topological polar surface area (TPSA) is 149 Å². The number of amides is 1. The van der Waals surface area contributed by atoms with Crippen molar-refractivity contribution in [2.75, 3.05) is 13.2 Å². The number of carbonyl (C=O) groups excluding carboxylic acids is 1. The molecule has 0 aromatic rings. The van der Waals surface area contributed by atoms with Crippen molar-refractivity contribution in [2.45, 2.75) is 236 Å². The van der Waals surface area contributed by atoms with Crippen molar-refractivity contribution in [1.82, 2.24) is 5.32 Å². The number of ether oxygens (including phenoxy) is 2. The van der Waals surface area contributed by atoms with E-state index in [1.807, 2.05) is 0 Å². The van der Waals surface area contributed by atoms with E-state index in [0.29, 0.717) is 12.8 Å². The molecule has 0 aliphatic carbocycles. The van der Waals surface area contributed by atoms with Crippen molar-refractivity contribution >= 4 is 5.91 Å². The normalized spacial score (nSPS) is 22.1. The Morgan fingerprint density at radius 1 is 0.647 bits per heavy atom. The van der Waals surface area contributed by atoms with E-state index in [2.05, 4.69) is 31.3 Å². The molecule has 0 saturated carbocycles. The van der Waals surface area contributed by atoms with Gasteiger partial charge in [-0.3, -0.25) is 4.79 Å². The number of aliphatic hydroxyl groups is 5. The summed E-state index contributed by atoms with van der Waals surface area (Å²) in [6, 6.07) is -0.717. The van der Waals surface area contributed by atoms with E-state index < -0.39 is 49.5 Å². The number of unbranched alkanes of at least 4 members (excludes halogenated alkanes) is 23. The second-order valence-electron chi connectivity index (χ2n) is 15.1. The van der Waals surface area contributed by atoms with Crippen LogP contribution in [0.3, 0.4) is 0 Å². The first kappa shape index (κ1) is 48.0. The minimum absolute atomic E-state index is 0.138. The first-order valence-electron chi connectivity index (χ1n) is 21.4. The minimum Gasteiger partial charge on any atom is -0.394 e. The minimum atomic E-state index is -1.55. The van der Waals surface area contributed by atoms with Crippen LogP contribution in [0, 0.1) is 0 Å². The van der Waals surface area contributed by atoms with Crippen molar-refractivity contribution < 1.29 is 39.8 Å². The summed E-state index contributed by atoms with van der Waals surface area (Å²) in [5.41, 5.74) is 0. The molecular formula is C42H81NO8. The van der Waals surface area contributed by atoms with Gasteiger partial charge in [-0.1, -0.05) is 161 Å². The summed E-state index contributed by atoms with van der Waals surface area (Å²) in [6.45, 7) is 3.81. The van der Waals surface area contributed by atoms with Crippen molar-refractivity contribution in [1.29, 1.82) is 0 Å². The monoisotopic (exact) mass is 728 g/mol. The van der Waals surface area contributed by atoms with Crippen molar-refractivity contribution in [3.63, 3.8) is 0 Å². The molecule has 0 aromatic heterocycles. The number of carbonyl (C=O) groups is 1. The SMILES string of the molecule is CCCCCCCCC=CCCCCCCCC(=O)N[C@@H](CO[C@H]1O[C@H](CO)[C@H](O)[C@H](O)[C@H]1O)[C@H](O)CCCCCCCCCCCCCCC. The zero-order chi connectivity index (χ0) is 37.4. The van der Waals surface area contributed by atoms with Gasteiger partial charge in [-0.25, -0.2) is 0 Å². The van der Waals surface area contributed by atoms with E-state index in [4.69, 9.17) is 9.47 Å². The maximum atomic E-state index is 12.9. The number of nitrogens with one attached hydrogen (secondary N) is 1. The highest BCUT2D eigenvalue weighted by Crippen LogP contribution is 2.23. The molecule has 1 aliphatic heterocycles. The Hall–Kier alpha value is -1.07. The van der Waals surface area contributed by atoms with E-state index >= 15 is 0 Å². The van der Waals surface area contributed by atoms with Gasteiger partial charge < -0.3 is 40.3 Å². The number of hydrogen-bond donors (Lipinski definition) is 6. The molecule has 0 unspecified atom stereocenters. The van der Waals surface area contributed by atoms with Crippen LogP contribution in [0.2, 0.25) is 0 Å². The molecule has 0 radical (unpaired) electrons. The van der Waals surface area contributed by atoms with E-state index in [-0.39, 0.29) is 12.5 Å². The third-order valence-corrected chi connectivity index (χ3v) is 10.4. The Morgan fingerprint density at radius 3 is 1.59 bits per heavy atom. The number of aliphatic hydroxyl groups excluding tert-OH is 5. The molecular weight excluding hydrogens is 646 g/mol. The van der Waals surface area contributed by atoms with Crippen LogP contribution in [0.4, 0.5) is 0 Å². The zero-order valence-electron chi connectivity index (χ0n) is 32.9. The molecule has 302 valence electrons. The van der Waals surface area contributed by atoms with E-state index in [9.17, 15) is 30.3 Å². The summed E-state index contributed by atoms with van der Waals surface area (Å²) in [6.07, 6.45) is 29.2. The van der Waals surface area contributed by atoms with Gasteiger partial charge in [0.15, 0.2) is 6.29 Å². The fourth-order valence-electron chi connectivity index (χ4n) is 6.86. The van der Waals surface area contributed by atoms with Crippen LogP contribution in [-0.4, -0.2) is 87.5 Å². The lowest BCUT2D eigenvalue weighted by molar-refractivity contribution is -0.302. The smallest absolute Gasteiger partial charge is 0.220 e. The average molecular weight is 728 g/mol. The van der Waals surface area contributed by atoms with Gasteiger partial charge in [0, 0.05) is 6.42 Å². The first-order chi connectivity index (χ1) is 24.8. The van der Waals surface area contributed by atoms with Crippen LogP contribution >= 0.6 is 0 Å². The van der Waals surface area contributed by atoms with Crippen molar-refractivity contribution in [3.05, 3.63) is 12.2 Å². The van der Waals surface area contributed by atoms with Gasteiger partial charge in [-0.05, 0) is 38.5 Å². The molecule has 1 fully saturated rings. The molecule has 9 nitrogen and oxygen atoms in total. The van der Waals surface area contributed by atoms with Crippen LogP contribution in [0.5, 0.6) is 0 Å². The highest BCUT2D eigenvalue weighted by Gasteiger charge is 2.44. The summed E-state index contributed by atoms with van der Waals surface area (Å²) in [4.78, 5) is 12.9. The Kier molecular flexibility index (Phi) is 31.5. The second-order valence-corrected chi connectivity index (χ2v) is 15.1. The third-order valence-electron chi connectivity index (χ3n) is 10.4. The maximum Gasteiger partial charge on any atom is 0.220 e. The molecule has 1 heterocycles. The van der Waals surface area contributed by atoms with Crippen molar-refractivity contribution in [3.8, 4) is 0 Å². The molecule has 1 aliphatic rings. The van der Waals surface area contributed by atoms with Gasteiger partial charge in [0.2, 0.25) is 5.91 Å². The van der Waals surface area contributed by atoms with Crippen LogP contribution in [0.25, 0.3) is 0 Å². The molecule has 6 N–H and O–H groups in total. The number of hydrogen-bond acceptors (Lipinski definition) is 8. The van der Waals surface area contributed by atoms with Gasteiger partial charge in [-0.2, -0.15) is 0 Å². The lowest BCUT2D eigenvalue weighted by Gasteiger charge is -2.40. The summed E-state index contributed by atoms with van der Waals surface area (Å²) < 4.78 is 11.2. The molecule has 1 saturated heterocycles. The lowest BCUT2D eigenvalue weighted by atomic mass is 9.99. The highest BCUT2D eigenvalue weighted by atomic mass is 16.7. The fraction of sp³-hybridized carbons (Fsp3) is 0.929. The molecule has 51 heavy (non-hydrogen) atoms. The van der Waals surface area contributed by atoms with E-state index in [1.165, 1.54) is 116 Å². The predicted octanol–water partition coefficient (Wildman–Crippen LogP) is 8.17. The number of rotatable bonds is 35. The van der Waals surface area contributed by atoms with Gasteiger partial charge in [-0.15, -0.1) is 0 Å². The van der Waals surface area contributed by atoms with Crippen LogP contribution in [0.15, 0.2) is 12.2 Å². The van der Waals surface area contributed by atoms with Gasteiger partial charge in [0.1, 0.15) is 24.4 Å². The number of allylic oxidation sites excluding steroid dienone is 2. The van der Waals surface area contributed by atoms with Crippen molar-refractivity contribution in [2.24, 2.45) is 0 Å². The lowest BCUT2D eigenvalue weighted by Crippen LogP contribution is -2.60. The summed E-state index contributed by atoms with van der Waals surface area (Å²) in [5, 5.41) is 54.2. The first-order valence-corrected chi connectivity index (χ1v) is 21.4. The summed E-state index contributed by atoms with van der Waals surface area (Å²) >= 11 is 0. The fourth-order valence-corrected chi connectivity index (χ4v) is 6.86. The maximum absolute atomic E-state index is 12.9. The average Bonchev–Trinajstić information content (AvgIpc) is 3.13. The molecule has 1 rings (SSSR count). The largest absolute Gasteiger partial charge is 0.394 e.